The van der Waals surface area contributed by atoms with Crippen molar-refractivity contribution in [3.63, 3.8) is 0 Å². The Kier molecular flexibility index (Phi) is 5.96. The molecule has 7 heteroatoms. The second kappa shape index (κ2) is 8.19. The van der Waals surface area contributed by atoms with Crippen LogP contribution in [0.5, 0.6) is 0 Å². The summed E-state index contributed by atoms with van der Waals surface area (Å²) in [6.45, 7) is 4.27. The van der Waals surface area contributed by atoms with Crippen LogP contribution in [0.1, 0.15) is 19.3 Å². The lowest BCUT2D eigenvalue weighted by molar-refractivity contribution is -0.116. The largest absolute Gasteiger partial charge is 0.381 e. The number of nitrogens with zero attached hydrogens (tertiary/aromatic N) is 2. The SMILES string of the molecule is CN=C(NCCC(=O)Nc1ccc(Br)cc1)N1CCC2(CCOC2)C1. The minimum atomic E-state index is -0.00707. The summed E-state index contributed by atoms with van der Waals surface area (Å²) in [4.78, 5) is 18.7. The summed E-state index contributed by atoms with van der Waals surface area (Å²) in [5.41, 5.74) is 1.11. The van der Waals surface area contributed by atoms with Crippen LogP contribution in [-0.2, 0) is 9.53 Å². The van der Waals surface area contributed by atoms with E-state index in [-0.39, 0.29) is 5.91 Å². The molecule has 2 aliphatic rings. The van der Waals surface area contributed by atoms with Crippen molar-refractivity contribution < 1.29 is 9.53 Å². The van der Waals surface area contributed by atoms with Gasteiger partial charge in [0.2, 0.25) is 5.91 Å². The predicted octanol–water partition coefficient (Wildman–Crippen LogP) is 2.47. The molecule has 136 valence electrons. The highest BCUT2D eigenvalue weighted by molar-refractivity contribution is 9.10. The summed E-state index contributed by atoms with van der Waals surface area (Å²) in [5, 5.41) is 6.21. The number of aliphatic imine (C=N–C) groups is 1. The van der Waals surface area contributed by atoms with Crippen LogP contribution in [-0.4, -0.2) is 56.7 Å². The Hall–Kier alpha value is -1.60. The highest BCUT2D eigenvalue weighted by atomic mass is 79.9. The Morgan fingerprint density at radius 1 is 1.36 bits per heavy atom. The monoisotopic (exact) mass is 408 g/mol. The number of hydrogen-bond acceptors (Lipinski definition) is 3. The number of carbonyl (C=O) groups is 1. The van der Waals surface area contributed by atoms with E-state index in [1.54, 1.807) is 7.05 Å². The number of amides is 1. The standard InChI is InChI=1S/C18H25BrN4O2/c1-20-17(23-10-7-18(12-23)8-11-25-13-18)21-9-6-16(24)22-15-4-2-14(19)3-5-15/h2-5H,6-13H2,1H3,(H,20,21)(H,22,24). The molecule has 0 saturated carbocycles. The number of benzene rings is 1. The summed E-state index contributed by atoms with van der Waals surface area (Å²) in [7, 11) is 1.79. The highest BCUT2D eigenvalue weighted by Crippen LogP contribution is 2.38. The van der Waals surface area contributed by atoms with Gasteiger partial charge in [0.15, 0.2) is 5.96 Å². The van der Waals surface area contributed by atoms with Crippen molar-refractivity contribution in [2.45, 2.75) is 19.3 Å². The number of anilines is 1. The molecule has 0 bridgehead atoms. The third-order valence-corrected chi connectivity index (χ3v) is 5.43. The molecule has 6 nitrogen and oxygen atoms in total. The van der Waals surface area contributed by atoms with Crippen LogP contribution < -0.4 is 10.6 Å². The first-order valence-corrected chi connectivity index (χ1v) is 9.48. The minimum Gasteiger partial charge on any atom is -0.381 e. The maximum absolute atomic E-state index is 12.1. The average molecular weight is 409 g/mol. The molecule has 1 atom stereocenters. The first-order valence-electron chi connectivity index (χ1n) is 8.69. The lowest BCUT2D eigenvalue weighted by Crippen LogP contribution is -2.42. The predicted molar refractivity (Wildman–Crippen MR) is 103 cm³/mol. The van der Waals surface area contributed by atoms with Gasteiger partial charge in [-0.3, -0.25) is 9.79 Å². The molecule has 1 aromatic carbocycles. The van der Waals surface area contributed by atoms with Gasteiger partial charge in [0.1, 0.15) is 0 Å². The fourth-order valence-electron chi connectivity index (χ4n) is 3.46. The Balaban J connectivity index is 1.42. The van der Waals surface area contributed by atoms with Crippen LogP contribution >= 0.6 is 15.9 Å². The molecule has 1 unspecified atom stereocenters. The zero-order chi connectivity index (χ0) is 17.7. The average Bonchev–Trinajstić information content (AvgIpc) is 3.24. The first kappa shape index (κ1) is 18.2. The van der Waals surface area contributed by atoms with E-state index in [9.17, 15) is 4.79 Å². The molecule has 0 aliphatic carbocycles. The van der Waals surface area contributed by atoms with Gasteiger partial charge < -0.3 is 20.3 Å². The van der Waals surface area contributed by atoms with E-state index in [2.05, 4.69) is 36.5 Å². The molecule has 1 spiro atoms. The van der Waals surface area contributed by atoms with E-state index >= 15 is 0 Å². The second-order valence-corrected chi connectivity index (χ2v) is 7.67. The van der Waals surface area contributed by atoms with Crippen LogP contribution in [0, 0.1) is 5.41 Å². The summed E-state index contributed by atoms with van der Waals surface area (Å²) in [6, 6.07) is 7.57. The molecule has 2 saturated heterocycles. The van der Waals surface area contributed by atoms with E-state index in [4.69, 9.17) is 4.74 Å². The van der Waals surface area contributed by atoms with Crippen molar-refractivity contribution in [1.29, 1.82) is 0 Å². The van der Waals surface area contributed by atoms with E-state index in [0.717, 1.165) is 55.3 Å². The molecule has 0 aromatic heterocycles. The van der Waals surface area contributed by atoms with E-state index < -0.39 is 0 Å². The topological polar surface area (TPSA) is 66.0 Å². The molecule has 2 fully saturated rings. The zero-order valence-electron chi connectivity index (χ0n) is 14.6. The van der Waals surface area contributed by atoms with E-state index in [0.29, 0.717) is 18.4 Å². The minimum absolute atomic E-state index is 0.00707. The van der Waals surface area contributed by atoms with Crippen LogP contribution in [0.3, 0.4) is 0 Å². The molecule has 3 rings (SSSR count). The molecule has 0 radical (unpaired) electrons. The Morgan fingerprint density at radius 3 is 2.84 bits per heavy atom. The van der Waals surface area contributed by atoms with Crippen LogP contribution in [0.25, 0.3) is 0 Å². The quantitative estimate of drug-likeness (QED) is 0.593. The van der Waals surface area contributed by atoms with Crippen LogP contribution in [0.15, 0.2) is 33.7 Å². The van der Waals surface area contributed by atoms with Crippen molar-refractivity contribution in [2.24, 2.45) is 10.4 Å². The Bertz CT molecular complexity index is 626. The fraction of sp³-hybridized carbons (Fsp3) is 0.556. The summed E-state index contributed by atoms with van der Waals surface area (Å²) in [6.07, 6.45) is 2.69. The second-order valence-electron chi connectivity index (χ2n) is 6.75. The van der Waals surface area contributed by atoms with Gasteiger partial charge in [-0.15, -0.1) is 0 Å². The van der Waals surface area contributed by atoms with Gasteiger partial charge in [0, 0.05) is 55.3 Å². The summed E-state index contributed by atoms with van der Waals surface area (Å²) >= 11 is 3.38. The van der Waals surface area contributed by atoms with Crippen molar-refractivity contribution in [3.8, 4) is 0 Å². The Labute approximate surface area is 157 Å². The third kappa shape index (κ3) is 4.73. The van der Waals surface area contributed by atoms with Gasteiger partial charge in [0.05, 0.1) is 6.61 Å². The zero-order valence-corrected chi connectivity index (χ0v) is 16.1. The molecular weight excluding hydrogens is 384 g/mol. The normalized spacial score (nSPS) is 23.3. The molecular formula is C18H25BrN4O2. The smallest absolute Gasteiger partial charge is 0.226 e. The summed E-state index contributed by atoms with van der Waals surface area (Å²) < 4.78 is 6.57. The number of ether oxygens (including phenoxy) is 1. The van der Waals surface area contributed by atoms with Crippen LogP contribution in [0.2, 0.25) is 0 Å². The number of likely N-dealkylation sites (tertiary alicyclic amines) is 1. The van der Waals surface area contributed by atoms with E-state index in [1.807, 2.05) is 24.3 Å². The number of hydrogen-bond donors (Lipinski definition) is 2. The Morgan fingerprint density at radius 2 is 2.16 bits per heavy atom. The summed E-state index contributed by atoms with van der Waals surface area (Å²) in [5.74, 6) is 0.868. The van der Waals surface area contributed by atoms with Crippen molar-refractivity contribution >= 4 is 33.5 Å². The third-order valence-electron chi connectivity index (χ3n) is 4.90. The first-order chi connectivity index (χ1) is 12.1. The molecule has 2 heterocycles. The van der Waals surface area contributed by atoms with Crippen LogP contribution in [0.4, 0.5) is 5.69 Å². The van der Waals surface area contributed by atoms with Crippen molar-refractivity contribution in [3.05, 3.63) is 28.7 Å². The van der Waals surface area contributed by atoms with Gasteiger partial charge in [0.25, 0.3) is 0 Å². The maximum Gasteiger partial charge on any atom is 0.226 e. The van der Waals surface area contributed by atoms with E-state index in [1.165, 1.54) is 0 Å². The lowest BCUT2D eigenvalue weighted by atomic mass is 9.87. The van der Waals surface area contributed by atoms with Gasteiger partial charge in [-0.2, -0.15) is 0 Å². The molecule has 1 amide bonds. The number of halogens is 1. The number of rotatable bonds is 4. The van der Waals surface area contributed by atoms with Gasteiger partial charge in [-0.05, 0) is 37.1 Å². The van der Waals surface area contributed by atoms with Crippen molar-refractivity contribution in [2.75, 3.05) is 45.2 Å². The highest BCUT2D eigenvalue weighted by Gasteiger charge is 2.42. The number of guanidine groups is 1. The van der Waals surface area contributed by atoms with Gasteiger partial charge in [-0.1, -0.05) is 15.9 Å². The van der Waals surface area contributed by atoms with Crippen molar-refractivity contribution in [1.82, 2.24) is 10.2 Å². The molecule has 2 N–H and O–H groups in total. The maximum atomic E-state index is 12.1. The van der Waals surface area contributed by atoms with Gasteiger partial charge >= 0.3 is 0 Å². The molecule has 1 aromatic rings. The molecule has 2 aliphatic heterocycles. The van der Waals surface area contributed by atoms with Gasteiger partial charge in [-0.25, -0.2) is 0 Å². The fourth-order valence-corrected chi connectivity index (χ4v) is 3.73. The lowest BCUT2D eigenvalue weighted by Gasteiger charge is -2.24. The number of carbonyl (C=O) groups excluding carboxylic acids is 1. The molecule has 25 heavy (non-hydrogen) atoms. The number of nitrogens with one attached hydrogen (secondary N) is 2.